The molecule has 0 aromatic carbocycles. The first-order valence-corrected chi connectivity index (χ1v) is 6.44. The summed E-state index contributed by atoms with van der Waals surface area (Å²) in [5, 5.41) is 0. The van der Waals surface area contributed by atoms with Crippen molar-refractivity contribution in [3.05, 3.63) is 0 Å². The Balaban J connectivity index is 1.92. The van der Waals surface area contributed by atoms with E-state index >= 15 is 0 Å². The molecule has 2 aliphatic rings. The van der Waals surface area contributed by atoms with Gasteiger partial charge in [-0.2, -0.15) is 0 Å². The van der Waals surface area contributed by atoms with Crippen molar-refractivity contribution in [3.63, 3.8) is 0 Å². The molecule has 2 aliphatic carbocycles. The molecule has 0 saturated heterocycles. The van der Waals surface area contributed by atoms with E-state index < -0.39 is 5.41 Å². The Morgan fingerprint density at radius 3 is 2.35 bits per heavy atom. The molecule has 0 radical (unpaired) electrons. The van der Waals surface area contributed by atoms with Gasteiger partial charge in [-0.1, -0.05) is 12.8 Å². The minimum Gasteiger partial charge on any atom is -0.468 e. The Bertz CT molecular complexity index is 317. The summed E-state index contributed by atoms with van der Waals surface area (Å²) in [5.74, 6) is 0.217. The van der Waals surface area contributed by atoms with Crippen molar-refractivity contribution in [2.75, 3.05) is 20.7 Å². The third kappa shape index (κ3) is 2.31. The zero-order valence-corrected chi connectivity index (χ0v) is 10.7. The van der Waals surface area contributed by atoms with E-state index in [2.05, 4.69) is 0 Å². The van der Waals surface area contributed by atoms with Crippen molar-refractivity contribution in [1.82, 2.24) is 4.90 Å². The van der Waals surface area contributed by atoms with E-state index in [4.69, 9.17) is 4.74 Å². The molecular weight excluding hydrogens is 218 g/mol. The molecule has 0 aromatic rings. The summed E-state index contributed by atoms with van der Waals surface area (Å²) in [6.07, 6.45) is 6.26. The van der Waals surface area contributed by atoms with Crippen LogP contribution >= 0.6 is 0 Å². The average molecular weight is 239 g/mol. The van der Waals surface area contributed by atoms with Crippen LogP contribution in [-0.4, -0.2) is 37.5 Å². The number of rotatable bonds is 4. The summed E-state index contributed by atoms with van der Waals surface area (Å²) < 4.78 is 4.73. The van der Waals surface area contributed by atoms with Gasteiger partial charge in [0.15, 0.2) is 0 Å². The number of carbonyl (C=O) groups is 2. The maximum atomic E-state index is 12.2. The molecule has 0 aliphatic heterocycles. The van der Waals surface area contributed by atoms with Crippen LogP contribution in [-0.2, 0) is 14.3 Å². The topological polar surface area (TPSA) is 46.6 Å². The molecule has 1 amide bonds. The Morgan fingerprint density at radius 2 is 1.88 bits per heavy atom. The van der Waals surface area contributed by atoms with Gasteiger partial charge < -0.3 is 9.64 Å². The highest BCUT2D eigenvalue weighted by molar-refractivity contribution is 6.05. The van der Waals surface area contributed by atoms with Crippen LogP contribution in [0.1, 0.15) is 38.5 Å². The Kier molecular flexibility index (Phi) is 3.40. The van der Waals surface area contributed by atoms with Crippen LogP contribution < -0.4 is 0 Å². The second kappa shape index (κ2) is 4.67. The molecule has 2 rings (SSSR count). The molecule has 0 unspecified atom stereocenters. The van der Waals surface area contributed by atoms with Crippen LogP contribution in [0.4, 0.5) is 0 Å². The molecule has 0 atom stereocenters. The molecule has 0 bridgehead atoms. The fourth-order valence-corrected chi connectivity index (χ4v) is 2.85. The normalized spacial score (nSPS) is 22.2. The highest BCUT2D eigenvalue weighted by Crippen LogP contribution is 2.48. The lowest BCUT2D eigenvalue weighted by molar-refractivity contribution is -0.155. The standard InChI is InChI=1S/C13H21NO3/c1-14(9-10-5-3-4-6-10)11(15)13(7-8-13)12(16)17-2/h10H,3-9H2,1-2H3. The van der Waals surface area contributed by atoms with Crippen molar-refractivity contribution in [2.24, 2.45) is 11.3 Å². The molecule has 0 aromatic heterocycles. The molecule has 0 heterocycles. The van der Waals surface area contributed by atoms with Crippen molar-refractivity contribution < 1.29 is 14.3 Å². The Labute approximate surface area is 102 Å². The fourth-order valence-electron chi connectivity index (χ4n) is 2.85. The number of esters is 1. The molecule has 0 N–H and O–H groups in total. The summed E-state index contributed by atoms with van der Waals surface area (Å²) >= 11 is 0. The molecule has 4 nitrogen and oxygen atoms in total. The van der Waals surface area contributed by atoms with Crippen LogP contribution in [0.2, 0.25) is 0 Å². The van der Waals surface area contributed by atoms with Gasteiger partial charge in [-0.25, -0.2) is 0 Å². The van der Waals surface area contributed by atoms with Gasteiger partial charge in [0.2, 0.25) is 5.91 Å². The van der Waals surface area contributed by atoms with E-state index in [0.717, 1.165) is 6.54 Å². The average Bonchev–Trinajstić information content (AvgIpc) is 2.99. The zero-order valence-electron chi connectivity index (χ0n) is 10.7. The summed E-state index contributed by atoms with van der Waals surface area (Å²) in [6, 6.07) is 0. The van der Waals surface area contributed by atoms with Crippen LogP contribution in [0, 0.1) is 11.3 Å². The highest BCUT2D eigenvalue weighted by atomic mass is 16.5. The highest BCUT2D eigenvalue weighted by Gasteiger charge is 2.58. The van der Waals surface area contributed by atoms with Crippen LogP contribution in [0.3, 0.4) is 0 Å². The Morgan fingerprint density at radius 1 is 1.29 bits per heavy atom. The van der Waals surface area contributed by atoms with Gasteiger partial charge in [0.05, 0.1) is 7.11 Å². The quantitative estimate of drug-likeness (QED) is 0.553. The number of amides is 1. The third-order valence-electron chi connectivity index (χ3n) is 4.09. The lowest BCUT2D eigenvalue weighted by atomic mass is 10.0. The maximum absolute atomic E-state index is 12.2. The number of methoxy groups -OCH3 is 1. The lowest BCUT2D eigenvalue weighted by Gasteiger charge is -2.24. The molecule has 4 heteroatoms. The summed E-state index contributed by atoms with van der Waals surface area (Å²) in [4.78, 5) is 25.6. The smallest absolute Gasteiger partial charge is 0.321 e. The van der Waals surface area contributed by atoms with Gasteiger partial charge in [0, 0.05) is 13.6 Å². The monoisotopic (exact) mass is 239 g/mol. The molecule has 17 heavy (non-hydrogen) atoms. The summed E-state index contributed by atoms with van der Waals surface area (Å²) in [7, 11) is 3.16. The van der Waals surface area contributed by atoms with Gasteiger partial charge in [-0.15, -0.1) is 0 Å². The molecular formula is C13H21NO3. The lowest BCUT2D eigenvalue weighted by Crippen LogP contribution is -2.41. The number of ether oxygens (including phenoxy) is 1. The van der Waals surface area contributed by atoms with Crippen LogP contribution in [0.5, 0.6) is 0 Å². The van der Waals surface area contributed by atoms with Crippen molar-refractivity contribution in [2.45, 2.75) is 38.5 Å². The van der Waals surface area contributed by atoms with Gasteiger partial charge in [-0.3, -0.25) is 9.59 Å². The van der Waals surface area contributed by atoms with E-state index in [9.17, 15) is 9.59 Å². The number of carbonyl (C=O) groups excluding carboxylic acids is 2. The van der Waals surface area contributed by atoms with E-state index in [1.807, 2.05) is 7.05 Å². The first kappa shape index (κ1) is 12.4. The second-order valence-electron chi connectivity index (χ2n) is 5.41. The summed E-state index contributed by atoms with van der Waals surface area (Å²) in [5.41, 5.74) is -0.831. The molecule has 2 fully saturated rings. The minimum atomic E-state index is -0.831. The van der Waals surface area contributed by atoms with E-state index in [1.54, 1.807) is 4.90 Å². The van der Waals surface area contributed by atoms with Crippen LogP contribution in [0.15, 0.2) is 0 Å². The fraction of sp³-hybridized carbons (Fsp3) is 0.846. The first-order chi connectivity index (χ1) is 8.10. The molecule has 96 valence electrons. The van der Waals surface area contributed by atoms with Gasteiger partial charge >= 0.3 is 5.97 Å². The number of nitrogens with zero attached hydrogens (tertiary/aromatic N) is 1. The summed E-state index contributed by atoms with van der Waals surface area (Å²) in [6.45, 7) is 0.789. The number of hydrogen-bond acceptors (Lipinski definition) is 3. The first-order valence-electron chi connectivity index (χ1n) is 6.44. The van der Waals surface area contributed by atoms with Crippen molar-refractivity contribution >= 4 is 11.9 Å². The Hall–Kier alpha value is -1.06. The van der Waals surface area contributed by atoms with Gasteiger partial charge in [0.25, 0.3) is 0 Å². The van der Waals surface area contributed by atoms with E-state index in [-0.39, 0.29) is 11.9 Å². The van der Waals surface area contributed by atoms with E-state index in [1.165, 1.54) is 32.8 Å². The second-order valence-corrected chi connectivity index (χ2v) is 5.41. The van der Waals surface area contributed by atoms with Crippen molar-refractivity contribution in [3.8, 4) is 0 Å². The van der Waals surface area contributed by atoms with Gasteiger partial charge in [-0.05, 0) is 31.6 Å². The number of hydrogen-bond donors (Lipinski definition) is 0. The van der Waals surface area contributed by atoms with Crippen molar-refractivity contribution in [1.29, 1.82) is 0 Å². The molecule has 2 saturated carbocycles. The minimum absolute atomic E-state index is 0.0451. The largest absolute Gasteiger partial charge is 0.468 e. The molecule has 0 spiro atoms. The maximum Gasteiger partial charge on any atom is 0.321 e. The van der Waals surface area contributed by atoms with E-state index in [0.29, 0.717) is 18.8 Å². The van der Waals surface area contributed by atoms with Crippen LogP contribution in [0.25, 0.3) is 0 Å². The van der Waals surface area contributed by atoms with Gasteiger partial charge in [0.1, 0.15) is 5.41 Å². The third-order valence-corrected chi connectivity index (χ3v) is 4.09. The predicted octanol–water partition coefficient (Wildman–Crippen LogP) is 1.59. The zero-order chi connectivity index (χ0) is 12.5. The predicted molar refractivity (Wildman–Crippen MR) is 63.3 cm³/mol. The SMILES string of the molecule is COC(=O)C1(C(=O)N(C)CC2CCCC2)CC1.